The van der Waals surface area contributed by atoms with Crippen LogP contribution in [-0.4, -0.2) is 51.7 Å². The lowest BCUT2D eigenvalue weighted by Crippen LogP contribution is -2.55. The predicted octanol–water partition coefficient (Wildman–Crippen LogP) is 3.87. The third kappa shape index (κ3) is 3.65. The number of hydrogen-bond donors (Lipinski definition) is 1. The highest BCUT2D eigenvalue weighted by Crippen LogP contribution is 2.44. The van der Waals surface area contributed by atoms with Crippen molar-refractivity contribution in [2.45, 2.75) is 63.5 Å². The number of pyridine rings is 1. The van der Waals surface area contributed by atoms with Crippen LogP contribution in [0.4, 0.5) is 0 Å². The fourth-order valence-electron chi connectivity index (χ4n) is 5.64. The van der Waals surface area contributed by atoms with E-state index >= 15 is 0 Å². The summed E-state index contributed by atoms with van der Waals surface area (Å²) in [6.45, 7) is 2.54. The maximum absolute atomic E-state index is 13.7. The Morgan fingerprint density at radius 1 is 1.13 bits per heavy atom. The summed E-state index contributed by atoms with van der Waals surface area (Å²) in [5.41, 5.74) is 6.67. The molecule has 3 atom stereocenters. The zero-order chi connectivity index (χ0) is 21.5. The number of amides is 1. The Labute approximate surface area is 184 Å². The molecular weight excluding hydrogens is 386 g/mol. The summed E-state index contributed by atoms with van der Waals surface area (Å²) in [6.07, 6.45) is 6.93. The number of aryl methyl sites for hydroxylation is 1. The maximum atomic E-state index is 13.7. The Hall–Kier alpha value is -2.66. The molecule has 3 aliphatic rings. The van der Waals surface area contributed by atoms with Crippen LogP contribution in [0.5, 0.6) is 0 Å². The van der Waals surface area contributed by atoms with Gasteiger partial charge in [0.2, 0.25) is 0 Å². The predicted molar refractivity (Wildman–Crippen MR) is 121 cm³/mol. The lowest BCUT2D eigenvalue weighted by atomic mass is 9.77. The van der Waals surface area contributed by atoms with Gasteiger partial charge < -0.3 is 14.9 Å². The summed E-state index contributed by atoms with van der Waals surface area (Å²) in [5.74, 6) is 0.355. The van der Waals surface area contributed by atoms with Crippen molar-refractivity contribution in [3.63, 3.8) is 0 Å². The van der Waals surface area contributed by atoms with Gasteiger partial charge >= 0.3 is 0 Å². The first-order valence-electron chi connectivity index (χ1n) is 11.5. The van der Waals surface area contributed by atoms with Crippen molar-refractivity contribution in [3.8, 4) is 0 Å². The molecule has 1 amide bonds. The largest absolute Gasteiger partial charge is 0.391 e. The lowest BCUT2D eigenvalue weighted by molar-refractivity contribution is -0.136. The second-order valence-corrected chi connectivity index (χ2v) is 9.36. The molecule has 5 rings (SSSR count). The molecule has 0 bridgehead atoms. The molecule has 2 heterocycles. The van der Waals surface area contributed by atoms with Crippen molar-refractivity contribution < 1.29 is 9.90 Å². The Morgan fingerprint density at radius 2 is 1.94 bits per heavy atom. The summed E-state index contributed by atoms with van der Waals surface area (Å²) in [4.78, 5) is 22.3. The van der Waals surface area contributed by atoms with Crippen LogP contribution in [0.1, 0.15) is 60.4 Å². The van der Waals surface area contributed by atoms with E-state index in [2.05, 4.69) is 53.3 Å². The minimum Gasteiger partial charge on any atom is -0.391 e. The van der Waals surface area contributed by atoms with Crippen LogP contribution in [-0.2, 0) is 11.2 Å². The van der Waals surface area contributed by atoms with Gasteiger partial charge in [-0.05, 0) is 55.7 Å². The number of aliphatic hydroxyl groups excluding tert-OH is 1. The Kier molecular flexibility index (Phi) is 5.30. The van der Waals surface area contributed by atoms with E-state index in [0.29, 0.717) is 6.67 Å². The number of hydrogen-bond acceptors (Lipinski definition) is 4. The molecule has 0 saturated heterocycles. The Morgan fingerprint density at radius 3 is 2.71 bits per heavy atom. The number of carbonyl (C=O) groups is 1. The zero-order valence-corrected chi connectivity index (χ0v) is 18.4. The number of fused-ring (bicyclic) bond motifs is 2. The van der Waals surface area contributed by atoms with Crippen molar-refractivity contribution in [1.29, 1.82) is 0 Å². The summed E-state index contributed by atoms with van der Waals surface area (Å²) < 4.78 is 0. The molecular formula is C26H31N3O2. The fraction of sp³-hybridized carbons (Fsp3) is 0.462. The molecule has 162 valence electrons. The van der Waals surface area contributed by atoms with Gasteiger partial charge in [-0.1, -0.05) is 43.2 Å². The Bertz CT molecular complexity index is 1010. The molecule has 5 nitrogen and oxygen atoms in total. The molecule has 1 aliphatic heterocycles. The second kappa shape index (κ2) is 8.12. The van der Waals surface area contributed by atoms with E-state index < -0.39 is 6.10 Å². The van der Waals surface area contributed by atoms with Crippen molar-refractivity contribution in [3.05, 3.63) is 70.6 Å². The van der Waals surface area contributed by atoms with E-state index in [1.165, 1.54) is 16.7 Å². The molecule has 1 fully saturated rings. The molecule has 1 aromatic carbocycles. The standard InChI is InChI=1S/C26H31N3O2/c1-17-11-12-18(15-27-17)13-19-14-22-25(21-8-4-3-7-20(19)21)28(2)16-29(26(22)31)23-9-5-6-10-24(23)30/h3-4,7-8,11-12,15,19,23-24,30H,5-6,9-10,13-14,16H2,1-2H3. The van der Waals surface area contributed by atoms with Crippen molar-refractivity contribution in [1.82, 2.24) is 14.8 Å². The molecule has 0 spiro atoms. The van der Waals surface area contributed by atoms with E-state index in [4.69, 9.17) is 0 Å². The zero-order valence-electron chi connectivity index (χ0n) is 18.4. The van der Waals surface area contributed by atoms with Gasteiger partial charge in [0, 0.05) is 30.1 Å². The number of benzene rings is 1. The Balaban J connectivity index is 1.51. The van der Waals surface area contributed by atoms with Crippen LogP contribution in [0.2, 0.25) is 0 Å². The van der Waals surface area contributed by atoms with Crippen molar-refractivity contribution in [2.75, 3.05) is 13.7 Å². The van der Waals surface area contributed by atoms with Crippen molar-refractivity contribution in [2.24, 2.45) is 0 Å². The average molecular weight is 418 g/mol. The minimum atomic E-state index is -0.418. The highest BCUT2D eigenvalue weighted by molar-refractivity contribution is 6.03. The van der Waals surface area contributed by atoms with Gasteiger partial charge in [0.05, 0.1) is 24.5 Å². The van der Waals surface area contributed by atoms with Crippen LogP contribution in [0.25, 0.3) is 5.70 Å². The van der Waals surface area contributed by atoms with Crippen molar-refractivity contribution >= 4 is 11.6 Å². The van der Waals surface area contributed by atoms with E-state index in [9.17, 15) is 9.90 Å². The minimum absolute atomic E-state index is 0.0744. The summed E-state index contributed by atoms with van der Waals surface area (Å²) in [6, 6.07) is 12.7. The van der Waals surface area contributed by atoms with E-state index in [-0.39, 0.29) is 17.9 Å². The highest BCUT2D eigenvalue weighted by Gasteiger charge is 2.41. The topological polar surface area (TPSA) is 56.7 Å². The molecule has 1 saturated carbocycles. The van der Waals surface area contributed by atoms with E-state index in [1.54, 1.807) is 0 Å². The molecule has 0 radical (unpaired) electrons. The van der Waals surface area contributed by atoms with E-state index in [0.717, 1.165) is 55.5 Å². The first-order chi connectivity index (χ1) is 15.0. The summed E-state index contributed by atoms with van der Waals surface area (Å²) in [5, 5.41) is 10.6. The average Bonchev–Trinajstić information content (AvgIpc) is 2.78. The quantitative estimate of drug-likeness (QED) is 0.824. The molecule has 1 aromatic heterocycles. The smallest absolute Gasteiger partial charge is 0.253 e. The molecule has 5 heteroatoms. The second-order valence-electron chi connectivity index (χ2n) is 9.36. The van der Waals surface area contributed by atoms with Crippen LogP contribution in [0, 0.1) is 6.92 Å². The number of carbonyl (C=O) groups excluding carboxylic acids is 1. The van der Waals surface area contributed by atoms with Gasteiger partial charge in [-0.3, -0.25) is 9.78 Å². The first kappa shape index (κ1) is 20.3. The molecule has 31 heavy (non-hydrogen) atoms. The third-order valence-electron chi connectivity index (χ3n) is 7.21. The van der Waals surface area contributed by atoms with Crippen LogP contribution >= 0.6 is 0 Å². The van der Waals surface area contributed by atoms with Gasteiger partial charge in [-0.25, -0.2) is 0 Å². The lowest BCUT2D eigenvalue weighted by Gasteiger charge is -2.46. The fourth-order valence-corrected chi connectivity index (χ4v) is 5.64. The summed E-state index contributed by atoms with van der Waals surface area (Å²) in [7, 11) is 2.07. The van der Waals surface area contributed by atoms with Gasteiger partial charge in [0.25, 0.3) is 5.91 Å². The third-order valence-corrected chi connectivity index (χ3v) is 7.21. The number of aromatic nitrogens is 1. The number of nitrogens with zero attached hydrogens (tertiary/aromatic N) is 3. The normalized spacial score (nSPS) is 26.0. The van der Waals surface area contributed by atoms with Gasteiger partial charge in [0.1, 0.15) is 0 Å². The van der Waals surface area contributed by atoms with Gasteiger partial charge in [-0.2, -0.15) is 0 Å². The molecule has 2 aromatic rings. The highest BCUT2D eigenvalue weighted by atomic mass is 16.3. The monoisotopic (exact) mass is 417 g/mol. The molecule has 1 N–H and O–H groups in total. The van der Waals surface area contributed by atoms with E-state index in [1.807, 2.05) is 18.0 Å². The SMILES string of the molecule is Cc1ccc(CC2CC3=C(c4ccccc42)N(C)CN(C2CCCCC2O)C3=O)cn1. The van der Waals surface area contributed by atoms with Crippen LogP contribution < -0.4 is 0 Å². The number of rotatable bonds is 3. The first-order valence-corrected chi connectivity index (χ1v) is 11.5. The number of aliphatic hydroxyl groups is 1. The van der Waals surface area contributed by atoms with Crippen LogP contribution in [0.3, 0.4) is 0 Å². The molecule has 3 unspecified atom stereocenters. The van der Waals surface area contributed by atoms with Gasteiger partial charge in [0.15, 0.2) is 0 Å². The molecule has 2 aliphatic carbocycles. The maximum Gasteiger partial charge on any atom is 0.253 e. The van der Waals surface area contributed by atoms with Gasteiger partial charge in [-0.15, -0.1) is 0 Å². The summed E-state index contributed by atoms with van der Waals surface area (Å²) >= 11 is 0. The van der Waals surface area contributed by atoms with Crippen LogP contribution in [0.15, 0.2) is 48.2 Å².